The molecule has 0 radical (unpaired) electrons. The van der Waals surface area contributed by atoms with E-state index in [4.69, 9.17) is 0 Å². The van der Waals surface area contributed by atoms with Gasteiger partial charge in [-0.2, -0.15) is 0 Å². The van der Waals surface area contributed by atoms with Gasteiger partial charge in [-0.05, 0) is 77.0 Å². The minimum absolute atomic E-state index is 0.244. The highest BCUT2D eigenvalue weighted by Crippen LogP contribution is 2.26. The number of allylic oxidation sites excluding steroid dienone is 5. The van der Waals surface area contributed by atoms with E-state index in [9.17, 15) is 4.79 Å². The van der Waals surface area contributed by atoms with Gasteiger partial charge in [0.25, 0.3) is 0 Å². The first kappa shape index (κ1) is 49.7. The second-order valence-corrected chi connectivity index (χ2v) is 16.0. The molecule has 0 aliphatic carbocycles. The van der Waals surface area contributed by atoms with E-state index in [0.717, 1.165) is 38.6 Å². The average molecular weight is 712 g/mol. The predicted octanol–water partition coefficient (Wildman–Crippen LogP) is 16.8. The first-order valence-corrected chi connectivity index (χ1v) is 23.4. The normalized spacial score (nSPS) is 13.0. The van der Waals surface area contributed by atoms with Crippen LogP contribution in [0.4, 0.5) is 0 Å². The quantitative estimate of drug-likeness (QED) is 0.0457. The first-order valence-electron chi connectivity index (χ1n) is 23.4. The van der Waals surface area contributed by atoms with Gasteiger partial charge >= 0.3 is 0 Å². The van der Waals surface area contributed by atoms with Crippen molar-refractivity contribution in [2.24, 2.45) is 5.92 Å². The van der Waals surface area contributed by atoms with Crippen LogP contribution in [0.15, 0.2) is 37.0 Å². The summed E-state index contributed by atoms with van der Waals surface area (Å²) in [6.45, 7) is 14.0. The van der Waals surface area contributed by atoms with E-state index in [1.807, 2.05) is 0 Å². The number of nitrogens with zero attached hydrogens (tertiary/aromatic N) is 1. The highest BCUT2D eigenvalue weighted by molar-refractivity contribution is 5.79. The van der Waals surface area contributed by atoms with E-state index in [0.29, 0.717) is 11.9 Å². The maximum atomic E-state index is 14.5. The molecule has 0 fully saturated rings. The second kappa shape index (κ2) is 41.4. The van der Waals surface area contributed by atoms with Gasteiger partial charge in [0.15, 0.2) is 0 Å². The van der Waals surface area contributed by atoms with Crippen molar-refractivity contribution in [2.75, 3.05) is 6.54 Å². The molecule has 2 atom stereocenters. The van der Waals surface area contributed by atoms with Gasteiger partial charge in [-0.3, -0.25) is 4.79 Å². The largest absolute Gasteiger partial charge is 0.339 e. The van der Waals surface area contributed by atoms with Crippen LogP contribution in [0.5, 0.6) is 0 Å². The Morgan fingerprint density at radius 1 is 0.451 bits per heavy atom. The zero-order valence-corrected chi connectivity index (χ0v) is 35.6. The van der Waals surface area contributed by atoms with E-state index in [1.54, 1.807) is 0 Å². The summed E-state index contributed by atoms with van der Waals surface area (Å²) in [6.07, 6.45) is 56.1. The molecule has 2 nitrogen and oxygen atoms in total. The molecule has 300 valence electrons. The van der Waals surface area contributed by atoms with Crippen molar-refractivity contribution >= 4 is 5.91 Å². The van der Waals surface area contributed by atoms with Crippen LogP contribution in [-0.4, -0.2) is 23.4 Å². The van der Waals surface area contributed by atoms with Crippen molar-refractivity contribution in [1.82, 2.24) is 4.90 Å². The molecule has 51 heavy (non-hydrogen) atoms. The predicted molar refractivity (Wildman–Crippen MR) is 232 cm³/mol. The Balaban J connectivity index is 5.12. The van der Waals surface area contributed by atoms with Gasteiger partial charge < -0.3 is 4.90 Å². The minimum Gasteiger partial charge on any atom is -0.339 e. The van der Waals surface area contributed by atoms with Crippen LogP contribution in [0.2, 0.25) is 0 Å². The molecule has 0 saturated heterocycles. The van der Waals surface area contributed by atoms with Gasteiger partial charge in [-0.15, -0.1) is 6.58 Å². The molecule has 0 spiro atoms. The van der Waals surface area contributed by atoms with Crippen molar-refractivity contribution in [1.29, 1.82) is 0 Å². The molecule has 0 aliphatic heterocycles. The Bertz CT molecular complexity index is 768. The third-order valence-electron chi connectivity index (χ3n) is 11.1. The highest BCUT2D eigenvalue weighted by atomic mass is 16.2. The summed E-state index contributed by atoms with van der Waals surface area (Å²) in [6, 6.07) is 0.443. The minimum atomic E-state index is 0.244. The lowest BCUT2D eigenvalue weighted by Crippen LogP contribution is -2.44. The van der Waals surface area contributed by atoms with Crippen LogP contribution in [0.1, 0.15) is 252 Å². The van der Waals surface area contributed by atoms with Crippen molar-refractivity contribution < 1.29 is 4.79 Å². The summed E-state index contributed by atoms with van der Waals surface area (Å²) in [7, 11) is 0. The van der Waals surface area contributed by atoms with Crippen LogP contribution in [0.3, 0.4) is 0 Å². The van der Waals surface area contributed by atoms with Gasteiger partial charge in [0.05, 0.1) is 0 Å². The van der Waals surface area contributed by atoms with Crippen LogP contribution in [0.25, 0.3) is 0 Å². The molecule has 0 N–H and O–H groups in total. The summed E-state index contributed by atoms with van der Waals surface area (Å²) in [5.74, 6) is 0.774. The molecule has 0 aromatic heterocycles. The Hall–Kier alpha value is -1.31. The SMILES string of the molecule is C=CCCCCCCCCC(CCCCCCCC/C=C\C/C=C\CCCCC)N(CCCC)C(=O)C(CCCCCC)CCCCCCCC. The smallest absolute Gasteiger partial charge is 0.225 e. The second-order valence-electron chi connectivity index (χ2n) is 16.0. The number of rotatable bonds is 41. The van der Waals surface area contributed by atoms with Crippen molar-refractivity contribution in [3.05, 3.63) is 37.0 Å². The van der Waals surface area contributed by atoms with Crippen LogP contribution in [0, 0.1) is 5.92 Å². The van der Waals surface area contributed by atoms with E-state index in [-0.39, 0.29) is 5.92 Å². The van der Waals surface area contributed by atoms with Gasteiger partial charge in [-0.25, -0.2) is 0 Å². The Morgan fingerprint density at radius 3 is 1.31 bits per heavy atom. The summed E-state index contributed by atoms with van der Waals surface area (Å²) >= 11 is 0. The number of carbonyl (C=O) groups is 1. The average Bonchev–Trinajstić information content (AvgIpc) is 3.14. The number of carbonyl (C=O) groups excluding carboxylic acids is 1. The summed E-state index contributed by atoms with van der Waals surface area (Å²) in [4.78, 5) is 17.0. The van der Waals surface area contributed by atoms with Crippen LogP contribution in [-0.2, 0) is 4.79 Å². The molecule has 0 aromatic carbocycles. The van der Waals surface area contributed by atoms with Gasteiger partial charge in [0.2, 0.25) is 5.91 Å². The van der Waals surface area contributed by atoms with Gasteiger partial charge in [0, 0.05) is 18.5 Å². The standard InChI is InChI=1S/C49H93NO/c1-6-11-16-20-23-25-26-27-28-29-30-31-32-34-37-41-45-48(44-40-36-33-24-21-17-12-7-2)50(46-15-10-5)49(51)47(42-38-19-14-9-4)43-39-35-22-18-13-8-3/h7,23,25,27-28,47-48H,2,6,8-22,24,26,29-46H2,1,3-5H3/b25-23-,28-27-. The molecule has 2 heteroatoms. The van der Waals surface area contributed by atoms with Crippen molar-refractivity contribution in [3.63, 3.8) is 0 Å². The third kappa shape index (κ3) is 33.0. The molecular weight excluding hydrogens is 619 g/mol. The Kier molecular flexibility index (Phi) is 40.4. The lowest BCUT2D eigenvalue weighted by atomic mass is 9.91. The summed E-state index contributed by atoms with van der Waals surface area (Å²) in [5, 5.41) is 0. The first-order chi connectivity index (χ1) is 25.2. The topological polar surface area (TPSA) is 20.3 Å². The van der Waals surface area contributed by atoms with Crippen molar-refractivity contribution in [3.8, 4) is 0 Å². The lowest BCUT2D eigenvalue weighted by molar-refractivity contribution is -0.139. The zero-order valence-electron chi connectivity index (χ0n) is 35.6. The maximum Gasteiger partial charge on any atom is 0.225 e. The molecule has 0 aliphatic rings. The fraction of sp³-hybridized carbons (Fsp3) is 0.857. The third-order valence-corrected chi connectivity index (χ3v) is 11.1. The number of amides is 1. The monoisotopic (exact) mass is 712 g/mol. The highest BCUT2D eigenvalue weighted by Gasteiger charge is 2.28. The van der Waals surface area contributed by atoms with E-state index in [2.05, 4.69) is 69.6 Å². The number of hydrogen-bond acceptors (Lipinski definition) is 1. The Labute approximate surface area is 322 Å². The molecule has 0 heterocycles. The lowest BCUT2D eigenvalue weighted by Gasteiger charge is -2.35. The zero-order chi connectivity index (χ0) is 37.3. The van der Waals surface area contributed by atoms with E-state index < -0.39 is 0 Å². The van der Waals surface area contributed by atoms with Gasteiger partial charge in [-0.1, -0.05) is 206 Å². The number of hydrogen-bond donors (Lipinski definition) is 0. The summed E-state index contributed by atoms with van der Waals surface area (Å²) < 4.78 is 0. The van der Waals surface area contributed by atoms with E-state index >= 15 is 0 Å². The van der Waals surface area contributed by atoms with Crippen LogP contribution < -0.4 is 0 Å². The van der Waals surface area contributed by atoms with E-state index in [1.165, 1.54) is 193 Å². The fourth-order valence-corrected chi connectivity index (χ4v) is 7.62. The molecule has 0 bridgehead atoms. The van der Waals surface area contributed by atoms with Crippen molar-refractivity contribution in [2.45, 2.75) is 258 Å². The molecule has 0 rings (SSSR count). The number of unbranched alkanes of at least 4 members (excludes halogenated alkanes) is 24. The molecular formula is C49H93NO. The molecule has 0 aromatic rings. The summed E-state index contributed by atoms with van der Waals surface area (Å²) in [5.41, 5.74) is 0. The molecule has 0 saturated carbocycles. The Morgan fingerprint density at radius 2 is 0.824 bits per heavy atom. The fourth-order valence-electron chi connectivity index (χ4n) is 7.62. The molecule has 1 amide bonds. The van der Waals surface area contributed by atoms with Crippen LogP contribution >= 0.6 is 0 Å². The molecule has 2 unspecified atom stereocenters. The maximum absolute atomic E-state index is 14.5. The van der Waals surface area contributed by atoms with Gasteiger partial charge in [0.1, 0.15) is 0 Å².